The van der Waals surface area contributed by atoms with Gasteiger partial charge in [0.05, 0.1) is 6.04 Å². The highest BCUT2D eigenvalue weighted by atomic mass is 16.2. The number of nitrogens with zero attached hydrogens (tertiary/aromatic N) is 1. The number of hydrogen-bond acceptors (Lipinski definition) is 3. The molecule has 2 aliphatic rings. The van der Waals surface area contributed by atoms with Crippen molar-refractivity contribution in [3.8, 4) is 0 Å². The monoisotopic (exact) mass is 281 g/mol. The third kappa shape index (κ3) is 4.45. The lowest BCUT2D eigenvalue weighted by Gasteiger charge is -2.21. The molecule has 2 atom stereocenters. The third-order valence-electron chi connectivity index (χ3n) is 4.82. The van der Waals surface area contributed by atoms with Crippen molar-refractivity contribution in [3.63, 3.8) is 0 Å². The van der Waals surface area contributed by atoms with E-state index < -0.39 is 0 Å². The van der Waals surface area contributed by atoms with Gasteiger partial charge in [0.25, 0.3) is 0 Å². The second-order valence-corrected chi connectivity index (χ2v) is 6.53. The molecule has 1 saturated heterocycles. The molecule has 0 aromatic rings. The Bertz CT molecular complexity index is 313. The van der Waals surface area contributed by atoms with Crippen LogP contribution >= 0.6 is 0 Å². The van der Waals surface area contributed by atoms with Crippen molar-refractivity contribution in [1.29, 1.82) is 0 Å². The number of carbonyl (C=O) groups excluding carboxylic acids is 1. The third-order valence-corrected chi connectivity index (χ3v) is 4.82. The first-order valence-corrected chi connectivity index (χ1v) is 8.41. The van der Waals surface area contributed by atoms with Gasteiger partial charge in [-0.05, 0) is 58.0 Å². The number of nitrogens with one attached hydrogen (secondary N) is 2. The molecular formula is C16H31N3O. The molecule has 20 heavy (non-hydrogen) atoms. The van der Waals surface area contributed by atoms with Gasteiger partial charge < -0.3 is 15.5 Å². The molecule has 2 fully saturated rings. The summed E-state index contributed by atoms with van der Waals surface area (Å²) in [5.41, 5.74) is 0. The van der Waals surface area contributed by atoms with Gasteiger partial charge in [0.2, 0.25) is 5.91 Å². The number of hydrogen-bond donors (Lipinski definition) is 2. The molecule has 2 unspecified atom stereocenters. The maximum absolute atomic E-state index is 12.1. The van der Waals surface area contributed by atoms with Crippen LogP contribution < -0.4 is 10.6 Å². The van der Waals surface area contributed by atoms with Crippen molar-refractivity contribution >= 4 is 5.91 Å². The minimum atomic E-state index is -0.0782. The summed E-state index contributed by atoms with van der Waals surface area (Å²) in [6.45, 7) is 9.67. The van der Waals surface area contributed by atoms with E-state index >= 15 is 0 Å². The Morgan fingerprint density at radius 1 is 1.25 bits per heavy atom. The molecule has 4 heteroatoms. The molecule has 0 bridgehead atoms. The van der Waals surface area contributed by atoms with Gasteiger partial charge >= 0.3 is 0 Å². The van der Waals surface area contributed by atoms with E-state index in [4.69, 9.17) is 0 Å². The minimum Gasteiger partial charge on any atom is -0.352 e. The van der Waals surface area contributed by atoms with Crippen LogP contribution in [0, 0.1) is 5.92 Å². The summed E-state index contributed by atoms with van der Waals surface area (Å²) in [5.74, 6) is 0.870. The van der Waals surface area contributed by atoms with Gasteiger partial charge in [-0.1, -0.05) is 13.8 Å². The van der Waals surface area contributed by atoms with E-state index in [-0.39, 0.29) is 11.9 Å². The summed E-state index contributed by atoms with van der Waals surface area (Å²) in [4.78, 5) is 14.7. The van der Waals surface area contributed by atoms with E-state index in [1.54, 1.807) is 0 Å². The molecule has 1 heterocycles. The second kappa shape index (κ2) is 7.41. The molecule has 2 N–H and O–H groups in total. The normalized spacial score (nSPS) is 25.1. The fourth-order valence-corrected chi connectivity index (χ4v) is 3.06. The van der Waals surface area contributed by atoms with E-state index in [1.165, 1.54) is 32.4 Å². The Morgan fingerprint density at radius 3 is 2.55 bits per heavy atom. The molecule has 1 aliphatic heterocycles. The largest absolute Gasteiger partial charge is 0.352 e. The molecule has 2 rings (SSSR count). The number of likely N-dealkylation sites (tertiary alicyclic amines) is 1. The Morgan fingerprint density at radius 2 is 1.95 bits per heavy atom. The van der Waals surface area contributed by atoms with Crippen molar-refractivity contribution in [2.75, 3.05) is 19.6 Å². The molecule has 116 valence electrons. The van der Waals surface area contributed by atoms with Crippen LogP contribution in [0.1, 0.15) is 52.9 Å². The van der Waals surface area contributed by atoms with Gasteiger partial charge in [0.15, 0.2) is 0 Å². The van der Waals surface area contributed by atoms with Crippen LogP contribution in [0.2, 0.25) is 0 Å². The first kappa shape index (κ1) is 15.8. The zero-order valence-electron chi connectivity index (χ0n) is 13.3. The van der Waals surface area contributed by atoms with Crippen LogP contribution in [0.4, 0.5) is 0 Å². The maximum Gasteiger partial charge on any atom is 0.237 e. The standard InChI is InChI=1S/C16H31N3O/c1-4-14(5-2)18-16(20)12(3)17-10-13-8-9-19(11-13)15-6-7-15/h12-15,17H,4-11H2,1-3H3,(H,18,20). The smallest absolute Gasteiger partial charge is 0.237 e. The van der Waals surface area contributed by atoms with Crippen molar-refractivity contribution < 1.29 is 4.79 Å². The topological polar surface area (TPSA) is 44.4 Å². The summed E-state index contributed by atoms with van der Waals surface area (Å²) in [6, 6.07) is 1.13. The van der Waals surface area contributed by atoms with E-state index in [9.17, 15) is 4.79 Å². The Labute approximate surface area is 123 Å². The zero-order chi connectivity index (χ0) is 14.5. The van der Waals surface area contributed by atoms with Crippen molar-refractivity contribution in [3.05, 3.63) is 0 Å². The molecular weight excluding hydrogens is 250 g/mol. The molecule has 0 radical (unpaired) electrons. The SMILES string of the molecule is CCC(CC)NC(=O)C(C)NCC1CCN(C2CC2)C1. The minimum absolute atomic E-state index is 0.0782. The Balaban J connectivity index is 1.64. The average molecular weight is 281 g/mol. The Kier molecular flexibility index (Phi) is 5.85. The number of amides is 1. The number of carbonyl (C=O) groups is 1. The van der Waals surface area contributed by atoms with E-state index in [0.717, 1.165) is 31.3 Å². The number of rotatable bonds is 8. The van der Waals surface area contributed by atoms with Crippen LogP contribution in [0.25, 0.3) is 0 Å². The van der Waals surface area contributed by atoms with Crippen LogP contribution in [-0.2, 0) is 4.79 Å². The van der Waals surface area contributed by atoms with Gasteiger partial charge in [0.1, 0.15) is 0 Å². The molecule has 1 amide bonds. The van der Waals surface area contributed by atoms with E-state index in [0.29, 0.717) is 6.04 Å². The van der Waals surface area contributed by atoms with Crippen molar-refractivity contribution in [1.82, 2.24) is 15.5 Å². The van der Waals surface area contributed by atoms with Gasteiger partial charge in [0, 0.05) is 18.6 Å². The first-order valence-electron chi connectivity index (χ1n) is 8.41. The van der Waals surface area contributed by atoms with Crippen LogP contribution in [-0.4, -0.2) is 48.6 Å². The zero-order valence-corrected chi connectivity index (χ0v) is 13.3. The van der Waals surface area contributed by atoms with Crippen LogP contribution in [0.5, 0.6) is 0 Å². The van der Waals surface area contributed by atoms with Crippen molar-refractivity contribution in [2.45, 2.75) is 71.0 Å². The maximum atomic E-state index is 12.1. The van der Waals surface area contributed by atoms with E-state index in [2.05, 4.69) is 29.4 Å². The second-order valence-electron chi connectivity index (χ2n) is 6.53. The molecule has 0 aromatic carbocycles. The molecule has 1 saturated carbocycles. The van der Waals surface area contributed by atoms with Gasteiger partial charge in [-0.25, -0.2) is 0 Å². The summed E-state index contributed by atoms with van der Waals surface area (Å²) in [5, 5.41) is 6.54. The fourth-order valence-electron chi connectivity index (χ4n) is 3.06. The fraction of sp³-hybridized carbons (Fsp3) is 0.938. The van der Waals surface area contributed by atoms with Crippen LogP contribution in [0.3, 0.4) is 0 Å². The van der Waals surface area contributed by atoms with E-state index in [1.807, 2.05) is 6.92 Å². The average Bonchev–Trinajstić information content (AvgIpc) is 3.21. The van der Waals surface area contributed by atoms with Gasteiger partial charge in [-0.2, -0.15) is 0 Å². The van der Waals surface area contributed by atoms with Gasteiger partial charge in [-0.15, -0.1) is 0 Å². The summed E-state index contributed by atoms with van der Waals surface area (Å²) in [6.07, 6.45) is 6.09. The Hall–Kier alpha value is -0.610. The predicted molar refractivity (Wildman–Crippen MR) is 82.7 cm³/mol. The lowest BCUT2D eigenvalue weighted by molar-refractivity contribution is -0.123. The highest BCUT2D eigenvalue weighted by Gasteiger charge is 2.34. The molecule has 0 aromatic heterocycles. The van der Waals surface area contributed by atoms with Crippen molar-refractivity contribution in [2.24, 2.45) is 5.92 Å². The molecule has 1 aliphatic carbocycles. The first-order chi connectivity index (χ1) is 9.63. The molecule has 4 nitrogen and oxygen atoms in total. The lowest BCUT2D eigenvalue weighted by Crippen LogP contribution is -2.47. The predicted octanol–water partition coefficient (Wildman–Crippen LogP) is 1.75. The highest BCUT2D eigenvalue weighted by Crippen LogP contribution is 2.31. The molecule has 0 spiro atoms. The lowest BCUT2D eigenvalue weighted by atomic mass is 10.1. The quantitative estimate of drug-likeness (QED) is 0.712. The van der Waals surface area contributed by atoms with Crippen LogP contribution in [0.15, 0.2) is 0 Å². The summed E-state index contributed by atoms with van der Waals surface area (Å²) < 4.78 is 0. The summed E-state index contributed by atoms with van der Waals surface area (Å²) >= 11 is 0. The highest BCUT2D eigenvalue weighted by molar-refractivity contribution is 5.81. The van der Waals surface area contributed by atoms with Gasteiger partial charge in [-0.3, -0.25) is 4.79 Å². The summed E-state index contributed by atoms with van der Waals surface area (Å²) in [7, 11) is 0.